The van der Waals surface area contributed by atoms with Gasteiger partial charge in [0.25, 0.3) is 0 Å². The van der Waals surface area contributed by atoms with Crippen LogP contribution in [0.3, 0.4) is 0 Å². The molecule has 0 saturated carbocycles. The van der Waals surface area contributed by atoms with Crippen molar-refractivity contribution >= 4 is 6.21 Å². The van der Waals surface area contributed by atoms with Crippen LogP contribution in [0.1, 0.15) is 25.3 Å². The van der Waals surface area contributed by atoms with E-state index in [1.165, 1.54) is 6.42 Å². The number of ether oxygens (including phenoxy) is 1. The molecule has 0 aliphatic carbocycles. The second kappa shape index (κ2) is 6.19. The highest BCUT2D eigenvalue weighted by Crippen LogP contribution is 2.09. The van der Waals surface area contributed by atoms with E-state index in [9.17, 15) is 0 Å². The predicted octanol–water partition coefficient (Wildman–Crippen LogP) is 2.91. The molecule has 0 bridgehead atoms. The zero-order chi connectivity index (χ0) is 10.2. The summed E-state index contributed by atoms with van der Waals surface area (Å²) < 4.78 is 5.07. The number of benzene rings is 1. The summed E-state index contributed by atoms with van der Waals surface area (Å²) in [6.07, 6.45) is 4.27. The summed E-state index contributed by atoms with van der Waals surface area (Å²) in [7, 11) is 1.67. The summed E-state index contributed by atoms with van der Waals surface area (Å²) in [6, 6.07) is 7.91. The summed E-state index contributed by atoms with van der Waals surface area (Å²) in [4.78, 5) is 4.32. The number of hydrogen-bond donors (Lipinski definition) is 0. The standard InChI is InChI=1S/C12H17NO/c1-3-4-9-13-10-11-5-7-12(14-2)8-6-11/h5-8,10H,3-4,9H2,1-2H3. The first-order valence-electron chi connectivity index (χ1n) is 5.00. The second-order valence-corrected chi connectivity index (χ2v) is 3.16. The molecule has 0 N–H and O–H groups in total. The van der Waals surface area contributed by atoms with Gasteiger partial charge in [0.1, 0.15) is 5.75 Å². The van der Waals surface area contributed by atoms with Crippen LogP contribution in [-0.2, 0) is 0 Å². The summed E-state index contributed by atoms with van der Waals surface area (Å²) in [5, 5.41) is 0. The Kier molecular flexibility index (Phi) is 4.76. The van der Waals surface area contributed by atoms with Crippen molar-refractivity contribution in [2.24, 2.45) is 4.99 Å². The molecule has 1 aromatic rings. The van der Waals surface area contributed by atoms with E-state index >= 15 is 0 Å². The highest BCUT2D eigenvalue weighted by molar-refractivity contribution is 5.79. The van der Waals surface area contributed by atoms with Crippen LogP contribution < -0.4 is 4.74 Å². The summed E-state index contributed by atoms with van der Waals surface area (Å²) in [6.45, 7) is 3.09. The highest BCUT2D eigenvalue weighted by atomic mass is 16.5. The summed E-state index contributed by atoms with van der Waals surface area (Å²) in [5.41, 5.74) is 1.13. The van der Waals surface area contributed by atoms with Crippen molar-refractivity contribution in [2.75, 3.05) is 13.7 Å². The Morgan fingerprint density at radius 1 is 1.29 bits per heavy atom. The molecule has 0 atom stereocenters. The van der Waals surface area contributed by atoms with E-state index < -0.39 is 0 Å². The molecule has 0 aliphatic heterocycles. The quantitative estimate of drug-likeness (QED) is 0.518. The molecular weight excluding hydrogens is 174 g/mol. The van der Waals surface area contributed by atoms with Crippen LogP contribution in [0.15, 0.2) is 29.3 Å². The Hall–Kier alpha value is -1.31. The van der Waals surface area contributed by atoms with Crippen molar-refractivity contribution in [1.82, 2.24) is 0 Å². The van der Waals surface area contributed by atoms with Gasteiger partial charge in [-0.05, 0) is 36.2 Å². The predicted molar refractivity (Wildman–Crippen MR) is 60.4 cm³/mol. The molecular formula is C12H17NO. The third-order valence-corrected chi connectivity index (χ3v) is 2.00. The van der Waals surface area contributed by atoms with E-state index in [2.05, 4.69) is 11.9 Å². The summed E-state index contributed by atoms with van der Waals surface area (Å²) in [5.74, 6) is 0.885. The lowest BCUT2D eigenvalue weighted by atomic mass is 10.2. The molecule has 1 rings (SSSR count). The van der Waals surface area contributed by atoms with Crippen LogP contribution in [-0.4, -0.2) is 19.9 Å². The minimum Gasteiger partial charge on any atom is -0.497 e. The zero-order valence-electron chi connectivity index (χ0n) is 8.86. The number of nitrogens with zero attached hydrogens (tertiary/aromatic N) is 1. The Balaban J connectivity index is 2.47. The van der Waals surface area contributed by atoms with Crippen molar-refractivity contribution in [3.05, 3.63) is 29.8 Å². The number of aliphatic imine (C=N–C) groups is 1. The van der Waals surface area contributed by atoms with Crippen LogP contribution in [0.25, 0.3) is 0 Å². The largest absolute Gasteiger partial charge is 0.497 e. The topological polar surface area (TPSA) is 21.6 Å². The molecule has 0 saturated heterocycles. The smallest absolute Gasteiger partial charge is 0.118 e. The van der Waals surface area contributed by atoms with E-state index in [0.717, 1.165) is 24.3 Å². The fourth-order valence-corrected chi connectivity index (χ4v) is 1.11. The van der Waals surface area contributed by atoms with Crippen LogP contribution in [0.5, 0.6) is 5.75 Å². The van der Waals surface area contributed by atoms with E-state index in [0.29, 0.717) is 0 Å². The monoisotopic (exact) mass is 191 g/mol. The molecule has 0 spiro atoms. The first kappa shape index (κ1) is 10.8. The molecule has 0 heterocycles. The number of hydrogen-bond acceptors (Lipinski definition) is 2. The average Bonchev–Trinajstić information content (AvgIpc) is 2.25. The normalized spacial score (nSPS) is 10.7. The minimum absolute atomic E-state index is 0.885. The van der Waals surface area contributed by atoms with E-state index in [4.69, 9.17) is 4.74 Å². The SMILES string of the molecule is CCCCN=Cc1ccc(OC)cc1. The van der Waals surface area contributed by atoms with Gasteiger partial charge < -0.3 is 4.74 Å². The highest BCUT2D eigenvalue weighted by Gasteiger charge is 1.89. The number of methoxy groups -OCH3 is 1. The van der Waals surface area contributed by atoms with Gasteiger partial charge in [-0.3, -0.25) is 4.99 Å². The van der Waals surface area contributed by atoms with Gasteiger partial charge >= 0.3 is 0 Å². The first-order chi connectivity index (χ1) is 6.86. The molecule has 0 radical (unpaired) electrons. The molecule has 76 valence electrons. The Bertz CT molecular complexity index is 277. The van der Waals surface area contributed by atoms with Crippen molar-refractivity contribution < 1.29 is 4.74 Å². The van der Waals surface area contributed by atoms with Gasteiger partial charge in [0, 0.05) is 12.8 Å². The summed E-state index contributed by atoms with van der Waals surface area (Å²) >= 11 is 0. The second-order valence-electron chi connectivity index (χ2n) is 3.16. The number of rotatable bonds is 5. The van der Waals surface area contributed by atoms with Crippen LogP contribution in [0.2, 0.25) is 0 Å². The molecule has 0 unspecified atom stereocenters. The Labute approximate surface area is 85.6 Å². The van der Waals surface area contributed by atoms with Crippen molar-refractivity contribution in [3.63, 3.8) is 0 Å². The fourth-order valence-electron chi connectivity index (χ4n) is 1.11. The molecule has 0 fully saturated rings. The van der Waals surface area contributed by atoms with Crippen molar-refractivity contribution in [1.29, 1.82) is 0 Å². The molecule has 2 heteroatoms. The molecule has 0 amide bonds. The maximum Gasteiger partial charge on any atom is 0.118 e. The van der Waals surface area contributed by atoms with E-state index in [1.807, 2.05) is 30.5 Å². The Morgan fingerprint density at radius 3 is 2.57 bits per heavy atom. The molecule has 1 aromatic carbocycles. The van der Waals surface area contributed by atoms with Crippen LogP contribution in [0.4, 0.5) is 0 Å². The molecule has 0 aromatic heterocycles. The first-order valence-corrected chi connectivity index (χ1v) is 5.00. The third-order valence-electron chi connectivity index (χ3n) is 2.00. The van der Waals surface area contributed by atoms with Gasteiger partial charge in [-0.15, -0.1) is 0 Å². The zero-order valence-corrected chi connectivity index (χ0v) is 8.86. The van der Waals surface area contributed by atoms with Gasteiger partial charge in [0.2, 0.25) is 0 Å². The van der Waals surface area contributed by atoms with Crippen LogP contribution in [0, 0.1) is 0 Å². The van der Waals surface area contributed by atoms with Gasteiger partial charge in [-0.25, -0.2) is 0 Å². The molecule has 14 heavy (non-hydrogen) atoms. The van der Waals surface area contributed by atoms with Gasteiger partial charge in [0.15, 0.2) is 0 Å². The third kappa shape index (κ3) is 3.60. The van der Waals surface area contributed by atoms with Crippen molar-refractivity contribution in [2.45, 2.75) is 19.8 Å². The fraction of sp³-hybridized carbons (Fsp3) is 0.417. The lowest BCUT2D eigenvalue weighted by Crippen LogP contribution is -1.86. The van der Waals surface area contributed by atoms with Gasteiger partial charge in [0.05, 0.1) is 7.11 Å². The lowest BCUT2D eigenvalue weighted by Gasteiger charge is -1.98. The Morgan fingerprint density at radius 2 is 2.00 bits per heavy atom. The maximum absolute atomic E-state index is 5.07. The number of unbranched alkanes of at least 4 members (excludes halogenated alkanes) is 1. The van der Waals surface area contributed by atoms with Crippen LogP contribution >= 0.6 is 0 Å². The molecule has 0 aliphatic rings. The van der Waals surface area contributed by atoms with Gasteiger partial charge in [-0.2, -0.15) is 0 Å². The molecule has 2 nitrogen and oxygen atoms in total. The van der Waals surface area contributed by atoms with E-state index in [1.54, 1.807) is 7.11 Å². The maximum atomic E-state index is 5.07. The minimum atomic E-state index is 0.885. The van der Waals surface area contributed by atoms with Gasteiger partial charge in [-0.1, -0.05) is 13.3 Å². The lowest BCUT2D eigenvalue weighted by molar-refractivity contribution is 0.415. The van der Waals surface area contributed by atoms with Crippen molar-refractivity contribution in [3.8, 4) is 5.75 Å². The van der Waals surface area contributed by atoms with E-state index in [-0.39, 0.29) is 0 Å². The average molecular weight is 191 g/mol.